The molecule has 30 heavy (non-hydrogen) atoms. The van der Waals surface area contributed by atoms with E-state index >= 15 is 0 Å². The molecule has 0 aromatic heterocycles. The zero-order chi connectivity index (χ0) is 21.7. The van der Waals surface area contributed by atoms with Crippen LogP contribution in [0.3, 0.4) is 0 Å². The van der Waals surface area contributed by atoms with Gasteiger partial charge in [-0.1, -0.05) is 6.07 Å². The molecule has 1 spiro atoms. The summed E-state index contributed by atoms with van der Waals surface area (Å²) in [7, 11) is 0. The number of likely N-dealkylation sites (tertiary alicyclic amines) is 1. The summed E-state index contributed by atoms with van der Waals surface area (Å²) in [4.78, 5) is 14.4. The quantitative estimate of drug-likeness (QED) is 0.757. The lowest BCUT2D eigenvalue weighted by Gasteiger charge is -2.55. The molecule has 1 aliphatic heterocycles. The van der Waals surface area contributed by atoms with Gasteiger partial charge < -0.3 is 14.7 Å². The smallest absolute Gasteiger partial charge is 0.419 e. The zero-order valence-electron chi connectivity index (χ0n) is 17.6. The van der Waals surface area contributed by atoms with Crippen LogP contribution < -0.4 is 4.74 Å². The third kappa shape index (κ3) is 4.05. The fourth-order valence-corrected chi connectivity index (χ4v) is 5.54. The standard InChI is InChI=1S/C23H30F3NO3/c1-3-30-19-5-4-16(10-18(19)23(24,25)26)15-6-8-22(9-7-15)13-27(14-22)20(28)17-11-21(2,29)12-17/h4-5,10,15,17,29H,3,6-9,11-14H2,1-2H3/t17-,21+. The van der Waals surface area contributed by atoms with Gasteiger partial charge in [-0.15, -0.1) is 0 Å². The first-order valence-corrected chi connectivity index (χ1v) is 10.9. The van der Waals surface area contributed by atoms with E-state index in [1.165, 1.54) is 12.1 Å². The van der Waals surface area contributed by atoms with E-state index in [0.29, 0.717) is 12.8 Å². The highest BCUT2D eigenvalue weighted by Gasteiger charge is 2.51. The molecule has 4 nitrogen and oxygen atoms in total. The highest BCUT2D eigenvalue weighted by atomic mass is 19.4. The number of aliphatic hydroxyl groups is 1. The summed E-state index contributed by atoms with van der Waals surface area (Å²) in [6, 6.07) is 4.47. The molecule has 1 amide bonds. The lowest BCUT2D eigenvalue weighted by molar-refractivity contribution is -0.163. The van der Waals surface area contributed by atoms with Gasteiger partial charge in [-0.2, -0.15) is 13.2 Å². The number of hydrogen-bond acceptors (Lipinski definition) is 3. The van der Waals surface area contributed by atoms with Gasteiger partial charge >= 0.3 is 6.18 Å². The number of nitrogens with zero attached hydrogens (tertiary/aromatic N) is 1. The Bertz CT molecular complexity index is 796. The molecule has 0 radical (unpaired) electrons. The van der Waals surface area contributed by atoms with E-state index in [9.17, 15) is 23.1 Å². The lowest BCUT2D eigenvalue weighted by atomic mass is 9.63. The lowest BCUT2D eigenvalue weighted by Crippen LogP contribution is -2.62. The molecule has 1 saturated heterocycles. The zero-order valence-corrected chi connectivity index (χ0v) is 17.6. The van der Waals surface area contributed by atoms with E-state index in [1.54, 1.807) is 19.9 Å². The molecule has 7 heteroatoms. The minimum Gasteiger partial charge on any atom is -0.493 e. The van der Waals surface area contributed by atoms with Gasteiger partial charge in [-0.05, 0) is 76.0 Å². The highest BCUT2D eigenvalue weighted by molar-refractivity contribution is 5.81. The Morgan fingerprint density at radius 3 is 2.40 bits per heavy atom. The summed E-state index contributed by atoms with van der Waals surface area (Å²) in [6.45, 7) is 5.13. The third-order valence-electron chi connectivity index (χ3n) is 7.21. The number of halogens is 3. The minimum absolute atomic E-state index is 0.0571. The van der Waals surface area contributed by atoms with E-state index in [2.05, 4.69) is 0 Å². The SMILES string of the molecule is CCOc1ccc(C2CCC3(CC2)CN(C(=O)[C@H]2C[C@@](C)(O)C2)C3)cc1C(F)(F)F. The summed E-state index contributed by atoms with van der Waals surface area (Å²) in [5.41, 5.74) is -0.548. The maximum Gasteiger partial charge on any atom is 0.419 e. The number of carbonyl (C=O) groups excluding carboxylic acids is 1. The molecule has 4 rings (SSSR count). The number of carbonyl (C=O) groups is 1. The first kappa shape index (κ1) is 21.5. The van der Waals surface area contributed by atoms with Crippen LogP contribution in [-0.4, -0.2) is 41.2 Å². The van der Waals surface area contributed by atoms with E-state index in [4.69, 9.17) is 4.74 Å². The van der Waals surface area contributed by atoms with Gasteiger partial charge in [0.15, 0.2) is 0 Å². The van der Waals surface area contributed by atoms with Crippen molar-refractivity contribution in [3.63, 3.8) is 0 Å². The van der Waals surface area contributed by atoms with Crippen molar-refractivity contribution in [1.82, 2.24) is 4.90 Å². The number of ether oxygens (including phenoxy) is 1. The van der Waals surface area contributed by atoms with Crippen LogP contribution in [0.4, 0.5) is 13.2 Å². The second-order valence-electron chi connectivity index (χ2n) is 9.76. The van der Waals surface area contributed by atoms with Gasteiger partial charge in [-0.25, -0.2) is 0 Å². The fourth-order valence-electron chi connectivity index (χ4n) is 5.54. The van der Waals surface area contributed by atoms with Crippen LogP contribution in [0.2, 0.25) is 0 Å². The van der Waals surface area contributed by atoms with E-state index in [-0.39, 0.29) is 35.5 Å². The molecule has 0 bridgehead atoms. The number of rotatable bonds is 4. The summed E-state index contributed by atoms with van der Waals surface area (Å²) < 4.78 is 45.5. The van der Waals surface area contributed by atoms with Crippen LogP contribution in [0.1, 0.15) is 69.4 Å². The first-order chi connectivity index (χ1) is 14.0. The Morgan fingerprint density at radius 1 is 1.23 bits per heavy atom. The molecule has 3 fully saturated rings. The van der Waals surface area contributed by atoms with Crippen LogP contribution in [0.15, 0.2) is 18.2 Å². The summed E-state index contributed by atoms with van der Waals surface area (Å²) in [6.07, 6.45) is 0.179. The van der Waals surface area contributed by atoms with Gasteiger partial charge in [-0.3, -0.25) is 4.79 Å². The maximum absolute atomic E-state index is 13.4. The summed E-state index contributed by atoms with van der Waals surface area (Å²) in [5, 5.41) is 9.85. The second-order valence-corrected chi connectivity index (χ2v) is 9.76. The summed E-state index contributed by atoms with van der Waals surface area (Å²) >= 11 is 0. The normalized spacial score (nSPS) is 28.7. The van der Waals surface area contributed by atoms with Gasteiger partial charge in [0.25, 0.3) is 0 Å². The molecule has 2 aliphatic carbocycles. The molecule has 1 heterocycles. The molecular weight excluding hydrogens is 395 g/mol. The Labute approximate surface area is 175 Å². The molecule has 3 aliphatic rings. The van der Waals surface area contributed by atoms with Crippen molar-refractivity contribution in [2.45, 2.75) is 70.1 Å². The molecule has 1 aromatic rings. The van der Waals surface area contributed by atoms with Crippen LogP contribution in [0.25, 0.3) is 0 Å². The number of amides is 1. The minimum atomic E-state index is -4.43. The molecule has 0 atom stereocenters. The van der Waals surface area contributed by atoms with Crippen LogP contribution in [0.5, 0.6) is 5.75 Å². The maximum atomic E-state index is 13.4. The fraction of sp³-hybridized carbons (Fsp3) is 0.696. The van der Waals surface area contributed by atoms with Crippen LogP contribution >= 0.6 is 0 Å². The third-order valence-corrected chi connectivity index (χ3v) is 7.21. The molecule has 166 valence electrons. The predicted molar refractivity (Wildman–Crippen MR) is 106 cm³/mol. The Balaban J connectivity index is 1.35. The van der Waals surface area contributed by atoms with Crippen molar-refractivity contribution in [3.05, 3.63) is 29.3 Å². The van der Waals surface area contributed by atoms with Gasteiger partial charge in [0.05, 0.1) is 17.8 Å². The second kappa shape index (κ2) is 7.43. The molecular formula is C23H30F3NO3. The van der Waals surface area contributed by atoms with Gasteiger partial charge in [0.2, 0.25) is 5.91 Å². The monoisotopic (exact) mass is 425 g/mol. The van der Waals surface area contributed by atoms with Crippen molar-refractivity contribution in [1.29, 1.82) is 0 Å². The van der Waals surface area contributed by atoms with Gasteiger partial charge in [0, 0.05) is 24.4 Å². The van der Waals surface area contributed by atoms with Crippen molar-refractivity contribution >= 4 is 5.91 Å². The average Bonchev–Trinajstić information content (AvgIpc) is 2.63. The topological polar surface area (TPSA) is 49.8 Å². The molecule has 0 unspecified atom stereocenters. The van der Waals surface area contributed by atoms with E-state index in [1.807, 2.05) is 4.90 Å². The Morgan fingerprint density at radius 2 is 1.87 bits per heavy atom. The van der Waals surface area contributed by atoms with Crippen molar-refractivity contribution in [3.8, 4) is 5.75 Å². The van der Waals surface area contributed by atoms with E-state index < -0.39 is 17.3 Å². The van der Waals surface area contributed by atoms with Gasteiger partial charge in [0.1, 0.15) is 5.75 Å². The van der Waals surface area contributed by atoms with Crippen LogP contribution in [-0.2, 0) is 11.0 Å². The molecule has 1 N–H and O–H groups in total. The number of benzene rings is 1. The largest absolute Gasteiger partial charge is 0.493 e. The number of hydrogen-bond donors (Lipinski definition) is 1. The predicted octanol–water partition coefficient (Wildman–Crippen LogP) is 4.75. The molecule has 1 aromatic carbocycles. The first-order valence-electron chi connectivity index (χ1n) is 10.9. The highest BCUT2D eigenvalue weighted by Crippen LogP contribution is 2.50. The average molecular weight is 425 g/mol. The van der Waals surface area contributed by atoms with Crippen molar-refractivity contribution < 1.29 is 27.8 Å². The molecule has 2 saturated carbocycles. The van der Waals surface area contributed by atoms with Crippen LogP contribution in [0, 0.1) is 11.3 Å². The van der Waals surface area contributed by atoms with Crippen molar-refractivity contribution in [2.75, 3.05) is 19.7 Å². The Hall–Kier alpha value is -1.76. The summed E-state index contributed by atoms with van der Waals surface area (Å²) in [5.74, 6) is 0.0944. The van der Waals surface area contributed by atoms with Crippen molar-refractivity contribution in [2.24, 2.45) is 11.3 Å². The number of alkyl halides is 3. The Kier molecular flexibility index (Phi) is 5.32. The van der Waals surface area contributed by atoms with E-state index in [0.717, 1.165) is 44.3 Å².